The molecule has 0 radical (unpaired) electrons. The SMILES string of the molecule is CCC(C(=O)NC1CCCCC1)N(Cc1ccc(C)cc1)C(=O)CN(c1ccc(Cl)cc1)S(=O)(=O)c1ccc(OC)c(OC)c1. The van der Waals surface area contributed by atoms with Crippen LogP contribution < -0.4 is 19.1 Å². The maximum atomic E-state index is 14.3. The van der Waals surface area contributed by atoms with Crippen LogP contribution in [0.2, 0.25) is 5.02 Å². The average molecular weight is 656 g/mol. The molecule has 1 unspecified atom stereocenters. The number of carbonyl (C=O) groups is 2. The van der Waals surface area contributed by atoms with Gasteiger partial charge >= 0.3 is 0 Å². The van der Waals surface area contributed by atoms with Crippen molar-refractivity contribution in [3.63, 3.8) is 0 Å². The Morgan fingerprint density at radius 3 is 2.18 bits per heavy atom. The molecule has 0 aromatic heterocycles. The number of halogens is 1. The Balaban J connectivity index is 1.73. The first-order chi connectivity index (χ1) is 21.6. The molecular weight excluding hydrogens is 614 g/mol. The summed E-state index contributed by atoms with van der Waals surface area (Å²) in [6.45, 7) is 3.43. The molecule has 0 aliphatic heterocycles. The maximum absolute atomic E-state index is 14.3. The average Bonchev–Trinajstić information content (AvgIpc) is 3.04. The number of amides is 2. The van der Waals surface area contributed by atoms with Crippen LogP contribution in [0.25, 0.3) is 0 Å². The fourth-order valence-electron chi connectivity index (χ4n) is 5.59. The van der Waals surface area contributed by atoms with E-state index in [2.05, 4.69) is 5.32 Å². The van der Waals surface area contributed by atoms with E-state index in [1.165, 1.54) is 37.3 Å². The molecule has 1 N–H and O–H groups in total. The molecule has 0 heterocycles. The van der Waals surface area contributed by atoms with Gasteiger partial charge < -0.3 is 19.7 Å². The number of nitrogens with zero attached hydrogens (tertiary/aromatic N) is 2. The number of sulfonamides is 1. The topological polar surface area (TPSA) is 105 Å². The Labute approximate surface area is 271 Å². The van der Waals surface area contributed by atoms with Crippen molar-refractivity contribution in [2.75, 3.05) is 25.1 Å². The molecule has 1 aliphatic rings. The maximum Gasteiger partial charge on any atom is 0.264 e. The van der Waals surface area contributed by atoms with Crippen LogP contribution in [-0.2, 0) is 26.2 Å². The third kappa shape index (κ3) is 8.49. The summed E-state index contributed by atoms with van der Waals surface area (Å²) in [5.41, 5.74) is 2.14. The first-order valence-electron chi connectivity index (χ1n) is 15.2. The molecule has 9 nitrogen and oxygen atoms in total. The molecule has 0 spiro atoms. The molecule has 242 valence electrons. The number of ether oxygens (including phenoxy) is 2. The lowest BCUT2D eigenvalue weighted by Gasteiger charge is -2.34. The predicted octanol–water partition coefficient (Wildman–Crippen LogP) is 6.12. The quantitative estimate of drug-likeness (QED) is 0.238. The lowest BCUT2D eigenvalue weighted by atomic mass is 9.95. The minimum absolute atomic E-state index is 0.0626. The van der Waals surface area contributed by atoms with Gasteiger partial charge in [0.05, 0.1) is 24.8 Å². The lowest BCUT2D eigenvalue weighted by molar-refractivity contribution is -0.140. The largest absolute Gasteiger partial charge is 0.493 e. The van der Waals surface area contributed by atoms with Crippen LogP contribution in [0.3, 0.4) is 0 Å². The molecule has 2 amide bonds. The summed E-state index contributed by atoms with van der Waals surface area (Å²) >= 11 is 6.14. The highest BCUT2D eigenvalue weighted by molar-refractivity contribution is 7.92. The molecule has 1 atom stereocenters. The number of methoxy groups -OCH3 is 2. The van der Waals surface area contributed by atoms with Gasteiger partial charge in [-0.05, 0) is 68.1 Å². The van der Waals surface area contributed by atoms with Gasteiger partial charge in [-0.3, -0.25) is 13.9 Å². The molecule has 3 aromatic carbocycles. The third-order valence-electron chi connectivity index (χ3n) is 8.15. The minimum Gasteiger partial charge on any atom is -0.493 e. The minimum atomic E-state index is -4.30. The number of anilines is 1. The van der Waals surface area contributed by atoms with Gasteiger partial charge in [-0.1, -0.05) is 67.6 Å². The van der Waals surface area contributed by atoms with Gasteiger partial charge in [0.15, 0.2) is 11.5 Å². The normalized spacial score (nSPS) is 14.3. The third-order valence-corrected chi connectivity index (χ3v) is 10.2. The summed E-state index contributed by atoms with van der Waals surface area (Å²) in [5, 5.41) is 3.58. The Hall–Kier alpha value is -3.76. The van der Waals surface area contributed by atoms with Gasteiger partial charge in [0.25, 0.3) is 10.0 Å². The van der Waals surface area contributed by atoms with Crippen molar-refractivity contribution in [1.82, 2.24) is 10.2 Å². The van der Waals surface area contributed by atoms with E-state index in [1.807, 2.05) is 38.1 Å². The first-order valence-corrected chi connectivity index (χ1v) is 17.0. The molecule has 1 aliphatic carbocycles. The number of rotatable bonds is 13. The lowest BCUT2D eigenvalue weighted by Crippen LogP contribution is -2.54. The van der Waals surface area contributed by atoms with Crippen LogP contribution in [0.15, 0.2) is 71.6 Å². The molecule has 1 fully saturated rings. The van der Waals surface area contributed by atoms with Crippen LogP contribution in [0.1, 0.15) is 56.6 Å². The van der Waals surface area contributed by atoms with E-state index >= 15 is 0 Å². The molecule has 45 heavy (non-hydrogen) atoms. The van der Waals surface area contributed by atoms with Crippen LogP contribution in [0.4, 0.5) is 5.69 Å². The molecule has 1 saturated carbocycles. The highest BCUT2D eigenvalue weighted by Gasteiger charge is 2.35. The smallest absolute Gasteiger partial charge is 0.264 e. The van der Waals surface area contributed by atoms with Crippen LogP contribution >= 0.6 is 11.6 Å². The molecular formula is C34H42ClN3O6S. The van der Waals surface area contributed by atoms with E-state index in [0.717, 1.165) is 47.5 Å². The van der Waals surface area contributed by atoms with Crippen molar-refractivity contribution in [2.24, 2.45) is 0 Å². The zero-order chi connectivity index (χ0) is 32.6. The Bertz CT molecular complexity index is 1560. The zero-order valence-corrected chi connectivity index (χ0v) is 27.9. The van der Waals surface area contributed by atoms with Crippen LogP contribution in [-0.4, -0.2) is 58.0 Å². The molecule has 4 rings (SSSR count). The summed E-state index contributed by atoms with van der Waals surface area (Å²) in [5.74, 6) is -0.150. The van der Waals surface area contributed by atoms with Gasteiger partial charge in [0, 0.05) is 23.7 Å². The predicted molar refractivity (Wildman–Crippen MR) is 176 cm³/mol. The van der Waals surface area contributed by atoms with Crippen molar-refractivity contribution < 1.29 is 27.5 Å². The van der Waals surface area contributed by atoms with E-state index < -0.39 is 28.5 Å². The molecule has 11 heteroatoms. The van der Waals surface area contributed by atoms with E-state index in [4.69, 9.17) is 21.1 Å². The van der Waals surface area contributed by atoms with E-state index in [9.17, 15) is 18.0 Å². The Morgan fingerprint density at radius 1 is 0.933 bits per heavy atom. The van der Waals surface area contributed by atoms with Gasteiger partial charge in [-0.2, -0.15) is 0 Å². The van der Waals surface area contributed by atoms with Gasteiger partial charge in [-0.25, -0.2) is 8.42 Å². The summed E-state index contributed by atoms with van der Waals surface area (Å²) in [6.07, 6.45) is 5.43. The van der Waals surface area contributed by atoms with E-state index in [-0.39, 0.29) is 34.8 Å². The first kappa shape index (κ1) is 34.1. The second-order valence-corrected chi connectivity index (χ2v) is 13.6. The Morgan fingerprint density at radius 2 is 1.58 bits per heavy atom. The number of hydrogen-bond donors (Lipinski definition) is 1. The number of benzene rings is 3. The van der Waals surface area contributed by atoms with Crippen molar-refractivity contribution >= 4 is 39.1 Å². The fraction of sp³-hybridized carbons (Fsp3) is 0.412. The van der Waals surface area contributed by atoms with Crippen molar-refractivity contribution in [3.8, 4) is 11.5 Å². The summed E-state index contributed by atoms with van der Waals surface area (Å²) in [4.78, 5) is 29.4. The van der Waals surface area contributed by atoms with Crippen LogP contribution in [0, 0.1) is 6.92 Å². The summed E-state index contributed by atoms with van der Waals surface area (Å²) in [6, 6.07) is 17.5. The number of nitrogens with one attached hydrogen (secondary N) is 1. The number of carbonyl (C=O) groups excluding carboxylic acids is 2. The summed E-state index contributed by atoms with van der Waals surface area (Å²) < 4.78 is 40.1. The molecule has 3 aromatic rings. The van der Waals surface area contributed by atoms with Crippen molar-refractivity contribution in [1.29, 1.82) is 0 Å². The Kier molecular flexibility index (Phi) is 11.7. The van der Waals surface area contributed by atoms with Crippen LogP contribution in [0.5, 0.6) is 11.5 Å². The van der Waals surface area contributed by atoms with Crippen molar-refractivity contribution in [2.45, 2.75) is 75.9 Å². The fourth-order valence-corrected chi connectivity index (χ4v) is 7.15. The number of aryl methyl sites for hydroxylation is 1. The second-order valence-electron chi connectivity index (χ2n) is 11.3. The van der Waals surface area contributed by atoms with Crippen molar-refractivity contribution in [3.05, 3.63) is 82.9 Å². The monoisotopic (exact) mass is 655 g/mol. The van der Waals surface area contributed by atoms with Gasteiger partial charge in [-0.15, -0.1) is 0 Å². The standard InChI is InChI=1S/C34H42ClN3O6S/c1-5-30(34(40)36-27-9-7-6-8-10-27)37(22-25-13-11-24(2)12-14-25)33(39)23-38(28-17-15-26(35)16-18-28)45(41,42)29-19-20-31(43-3)32(21-29)44-4/h11-21,27,30H,5-10,22-23H2,1-4H3,(H,36,40). The summed E-state index contributed by atoms with van der Waals surface area (Å²) in [7, 11) is -1.42. The molecule has 0 bridgehead atoms. The zero-order valence-electron chi connectivity index (χ0n) is 26.3. The van der Waals surface area contributed by atoms with Gasteiger partial charge in [0.1, 0.15) is 12.6 Å². The second kappa shape index (κ2) is 15.5. The van der Waals surface area contributed by atoms with E-state index in [0.29, 0.717) is 17.2 Å². The van der Waals surface area contributed by atoms with E-state index in [1.54, 1.807) is 24.3 Å². The highest BCUT2D eigenvalue weighted by Crippen LogP contribution is 2.33. The highest BCUT2D eigenvalue weighted by atomic mass is 35.5. The molecule has 0 saturated heterocycles. The van der Waals surface area contributed by atoms with Gasteiger partial charge in [0.2, 0.25) is 11.8 Å². The number of hydrogen-bond acceptors (Lipinski definition) is 6.